The second-order valence-corrected chi connectivity index (χ2v) is 10.9. The van der Waals surface area contributed by atoms with Gasteiger partial charge in [0.05, 0.1) is 24.8 Å². The van der Waals surface area contributed by atoms with Crippen LogP contribution in [0.25, 0.3) is 0 Å². The molecule has 2 amide bonds. The minimum absolute atomic E-state index is 0.0477. The Bertz CT molecular complexity index is 1580. The molecule has 220 valence electrons. The number of halogens is 1. The summed E-state index contributed by atoms with van der Waals surface area (Å²) in [5.41, 5.74) is 0.986. The monoisotopic (exact) mass is 595 g/mol. The summed E-state index contributed by atoms with van der Waals surface area (Å²) in [6, 6.07) is 20.1. The van der Waals surface area contributed by atoms with Crippen LogP contribution < -0.4 is 19.5 Å². The highest BCUT2D eigenvalue weighted by Crippen LogP contribution is 2.20. The number of ether oxygens (including phenoxy) is 2. The normalized spacial score (nSPS) is 11.8. The molecule has 1 heterocycles. The van der Waals surface area contributed by atoms with Crippen molar-refractivity contribution in [3.05, 3.63) is 108 Å². The van der Waals surface area contributed by atoms with Gasteiger partial charge in [-0.3, -0.25) is 14.3 Å². The van der Waals surface area contributed by atoms with Crippen LogP contribution in [-0.2, 0) is 32.7 Å². The standard InChI is InChI=1S/C30H30FN3O7S/c1-21(30(36)32-18-27-4-3-17-40-27)34(19-22-5-11-25(39-2)12-6-22)29(35)20-41-26-13-15-28(16-14-26)42(37,38)33-24-9-7-23(31)8-10-24/h3-17,21,33H,18-20H2,1-2H3,(H,32,36)/t21-/m0/s1. The van der Waals surface area contributed by atoms with Crippen molar-refractivity contribution >= 4 is 27.5 Å². The van der Waals surface area contributed by atoms with Gasteiger partial charge in [0, 0.05) is 12.2 Å². The van der Waals surface area contributed by atoms with Crippen LogP contribution in [0.2, 0.25) is 0 Å². The predicted octanol–water partition coefficient (Wildman–Crippen LogP) is 4.34. The first-order chi connectivity index (χ1) is 20.1. The topological polar surface area (TPSA) is 127 Å². The van der Waals surface area contributed by atoms with Crippen molar-refractivity contribution in [3.8, 4) is 11.5 Å². The minimum Gasteiger partial charge on any atom is -0.497 e. The third-order valence-corrected chi connectivity index (χ3v) is 7.69. The Balaban J connectivity index is 1.42. The van der Waals surface area contributed by atoms with Gasteiger partial charge in [-0.15, -0.1) is 0 Å². The largest absolute Gasteiger partial charge is 0.497 e. The third kappa shape index (κ3) is 8.10. The molecule has 42 heavy (non-hydrogen) atoms. The molecule has 3 aromatic carbocycles. The first-order valence-electron chi connectivity index (χ1n) is 12.9. The van der Waals surface area contributed by atoms with Crippen molar-refractivity contribution in [3.63, 3.8) is 0 Å². The van der Waals surface area contributed by atoms with Gasteiger partial charge in [-0.05, 0) is 85.3 Å². The van der Waals surface area contributed by atoms with E-state index in [-0.39, 0.29) is 35.3 Å². The van der Waals surface area contributed by atoms with Crippen LogP contribution in [0.4, 0.5) is 10.1 Å². The Morgan fingerprint density at radius 2 is 1.62 bits per heavy atom. The predicted molar refractivity (Wildman–Crippen MR) is 153 cm³/mol. The summed E-state index contributed by atoms with van der Waals surface area (Å²) in [5.74, 6) is 0.161. The van der Waals surface area contributed by atoms with E-state index in [2.05, 4.69) is 10.0 Å². The van der Waals surface area contributed by atoms with E-state index in [1.54, 1.807) is 50.4 Å². The Morgan fingerprint density at radius 1 is 0.952 bits per heavy atom. The summed E-state index contributed by atoms with van der Waals surface area (Å²) >= 11 is 0. The van der Waals surface area contributed by atoms with Crippen molar-refractivity contribution in [2.45, 2.75) is 31.0 Å². The maximum Gasteiger partial charge on any atom is 0.261 e. The lowest BCUT2D eigenvalue weighted by molar-refractivity contribution is -0.142. The first-order valence-corrected chi connectivity index (χ1v) is 14.4. The van der Waals surface area contributed by atoms with E-state index >= 15 is 0 Å². The molecule has 2 N–H and O–H groups in total. The number of carbonyl (C=O) groups excluding carboxylic acids is 2. The highest BCUT2D eigenvalue weighted by Gasteiger charge is 2.27. The fraction of sp³-hybridized carbons (Fsp3) is 0.200. The fourth-order valence-electron chi connectivity index (χ4n) is 3.92. The number of amides is 2. The molecule has 0 radical (unpaired) electrons. The Morgan fingerprint density at radius 3 is 2.24 bits per heavy atom. The lowest BCUT2D eigenvalue weighted by Gasteiger charge is -2.28. The molecule has 10 nitrogen and oxygen atoms in total. The van der Waals surface area contributed by atoms with E-state index in [0.717, 1.165) is 17.7 Å². The van der Waals surface area contributed by atoms with Crippen LogP contribution in [0, 0.1) is 5.82 Å². The molecule has 0 bridgehead atoms. The minimum atomic E-state index is -3.93. The number of furan rings is 1. The molecule has 0 aliphatic heterocycles. The number of nitrogens with zero attached hydrogens (tertiary/aromatic N) is 1. The molecule has 0 unspecified atom stereocenters. The SMILES string of the molecule is COc1ccc(CN(C(=O)COc2ccc(S(=O)(=O)Nc3ccc(F)cc3)cc2)[C@@H](C)C(=O)NCc2ccco2)cc1. The Labute approximate surface area is 243 Å². The molecule has 0 aliphatic rings. The Hall–Kier alpha value is -4.84. The van der Waals surface area contributed by atoms with E-state index in [4.69, 9.17) is 13.9 Å². The fourth-order valence-corrected chi connectivity index (χ4v) is 4.98. The number of sulfonamides is 1. The molecule has 0 saturated heterocycles. The maximum atomic E-state index is 13.3. The molecule has 4 aromatic rings. The molecule has 1 atom stereocenters. The lowest BCUT2D eigenvalue weighted by atomic mass is 10.1. The smallest absolute Gasteiger partial charge is 0.261 e. The molecule has 0 saturated carbocycles. The van der Waals surface area contributed by atoms with Crippen molar-refractivity contribution in [2.75, 3.05) is 18.4 Å². The van der Waals surface area contributed by atoms with Gasteiger partial charge in [0.15, 0.2) is 6.61 Å². The molecule has 4 rings (SSSR count). The van der Waals surface area contributed by atoms with Crippen molar-refractivity contribution < 1.29 is 36.3 Å². The molecule has 0 spiro atoms. The van der Waals surface area contributed by atoms with Crippen LogP contribution in [-0.4, -0.2) is 44.9 Å². The zero-order chi connectivity index (χ0) is 30.1. The summed E-state index contributed by atoms with van der Waals surface area (Å²) in [6.07, 6.45) is 1.51. The zero-order valence-electron chi connectivity index (χ0n) is 23.0. The van der Waals surface area contributed by atoms with E-state index in [1.165, 1.54) is 47.6 Å². The van der Waals surface area contributed by atoms with Gasteiger partial charge < -0.3 is 24.1 Å². The molecule has 1 aromatic heterocycles. The molecule has 12 heteroatoms. The average Bonchev–Trinajstić information content (AvgIpc) is 3.52. The zero-order valence-corrected chi connectivity index (χ0v) is 23.8. The quantitative estimate of drug-likeness (QED) is 0.235. The van der Waals surface area contributed by atoms with Crippen LogP contribution >= 0.6 is 0 Å². The van der Waals surface area contributed by atoms with Crippen LogP contribution in [0.5, 0.6) is 11.5 Å². The van der Waals surface area contributed by atoms with Crippen molar-refractivity contribution in [1.29, 1.82) is 0 Å². The van der Waals surface area contributed by atoms with Crippen LogP contribution in [0.15, 0.2) is 101 Å². The van der Waals surface area contributed by atoms with E-state index < -0.39 is 34.4 Å². The summed E-state index contributed by atoms with van der Waals surface area (Å²) < 4.78 is 57.0. The van der Waals surface area contributed by atoms with Gasteiger partial charge in [-0.2, -0.15) is 0 Å². The number of carbonyl (C=O) groups is 2. The van der Waals surface area contributed by atoms with Gasteiger partial charge in [0.2, 0.25) is 5.91 Å². The number of hydrogen-bond acceptors (Lipinski definition) is 7. The Kier molecular flexibility index (Phi) is 9.81. The maximum absolute atomic E-state index is 13.3. The number of hydrogen-bond donors (Lipinski definition) is 2. The highest BCUT2D eigenvalue weighted by atomic mass is 32.2. The van der Waals surface area contributed by atoms with Crippen LogP contribution in [0.3, 0.4) is 0 Å². The first kappa shape index (κ1) is 30.1. The van der Waals surface area contributed by atoms with Crippen molar-refractivity contribution in [2.24, 2.45) is 0 Å². The van der Waals surface area contributed by atoms with Gasteiger partial charge in [-0.1, -0.05) is 12.1 Å². The molecular formula is C30H30FN3O7S. The second kappa shape index (κ2) is 13.7. The number of anilines is 1. The summed E-state index contributed by atoms with van der Waals surface area (Å²) in [4.78, 5) is 27.6. The average molecular weight is 596 g/mol. The van der Waals surface area contributed by atoms with Crippen LogP contribution in [0.1, 0.15) is 18.2 Å². The number of rotatable bonds is 13. The van der Waals surface area contributed by atoms with Gasteiger partial charge in [-0.25, -0.2) is 12.8 Å². The van der Waals surface area contributed by atoms with Gasteiger partial charge in [0.1, 0.15) is 29.1 Å². The number of benzene rings is 3. The van der Waals surface area contributed by atoms with E-state index in [1.807, 2.05) is 0 Å². The third-order valence-electron chi connectivity index (χ3n) is 6.29. The molecule has 0 aliphatic carbocycles. The van der Waals surface area contributed by atoms with Gasteiger partial charge in [0.25, 0.3) is 15.9 Å². The summed E-state index contributed by atoms with van der Waals surface area (Å²) in [5, 5.41) is 2.77. The highest BCUT2D eigenvalue weighted by molar-refractivity contribution is 7.92. The van der Waals surface area contributed by atoms with Crippen molar-refractivity contribution in [1.82, 2.24) is 10.2 Å². The number of nitrogens with one attached hydrogen (secondary N) is 2. The lowest BCUT2D eigenvalue weighted by Crippen LogP contribution is -2.48. The van der Waals surface area contributed by atoms with E-state index in [0.29, 0.717) is 11.5 Å². The number of methoxy groups -OCH3 is 1. The summed E-state index contributed by atoms with van der Waals surface area (Å²) in [7, 11) is -2.38. The summed E-state index contributed by atoms with van der Waals surface area (Å²) in [6.45, 7) is 1.52. The molecular weight excluding hydrogens is 565 g/mol. The van der Waals surface area contributed by atoms with Gasteiger partial charge >= 0.3 is 0 Å². The van der Waals surface area contributed by atoms with E-state index in [9.17, 15) is 22.4 Å². The molecule has 0 fully saturated rings. The second-order valence-electron chi connectivity index (χ2n) is 9.22.